The van der Waals surface area contributed by atoms with Crippen LogP contribution in [0.3, 0.4) is 0 Å². The van der Waals surface area contributed by atoms with Gasteiger partial charge in [-0.3, -0.25) is 0 Å². The lowest BCUT2D eigenvalue weighted by Crippen LogP contribution is -2.07. The zero-order chi connectivity index (χ0) is 18.1. The van der Waals surface area contributed by atoms with E-state index in [-0.39, 0.29) is 11.1 Å². The molecule has 0 amide bonds. The fourth-order valence-corrected chi connectivity index (χ4v) is 3.17. The number of aromatic hydroxyl groups is 1. The van der Waals surface area contributed by atoms with Crippen molar-refractivity contribution in [3.8, 4) is 17.0 Å². The number of rotatable bonds is 4. The number of nitrogen functional groups attached to an aromatic ring is 1. The fraction of sp³-hybridized carbons (Fsp3) is 0.105. The summed E-state index contributed by atoms with van der Waals surface area (Å²) in [5.41, 5.74) is 9.21. The number of phenolic OH excluding ortho intramolecular Hbond substituents is 1. The maximum atomic E-state index is 9.53. The lowest BCUT2D eigenvalue weighted by Gasteiger charge is -2.10. The summed E-state index contributed by atoms with van der Waals surface area (Å²) in [5, 5.41) is 14.6. The van der Waals surface area contributed by atoms with Crippen molar-refractivity contribution in [3.05, 3.63) is 66.5 Å². The summed E-state index contributed by atoms with van der Waals surface area (Å²) in [7, 11) is 0. The minimum Gasteiger partial charge on any atom is -0.508 e. The highest BCUT2D eigenvalue weighted by Crippen LogP contribution is 2.32. The van der Waals surface area contributed by atoms with Crippen LogP contribution in [0.2, 0.25) is 0 Å². The summed E-state index contributed by atoms with van der Waals surface area (Å²) in [5.74, 6) is 0.543. The van der Waals surface area contributed by atoms with Gasteiger partial charge in [-0.05, 0) is 29.8 Å². The Kier molecular flexibility index (Phi) is 4.18. The molecule has 4 rings (SSSR count). The van der Waals surface area contributed by atoms with Crippen LogP contribution in [0, 0.1) is 0 Å². The molecule has 0 bridgehead atoms. The summed E-state index contributed by atoms with van der Waals surface area (Å²) in [4.78, 5) is 8.45. The monoisotopic (exact) mass is 365 g/mol. The predicted octanol–water partition coefficient (Wildman–Crippen LogP) is 3.76. The van der Waals surface area contributed by atoms with Crippen molar-refractivity contribution in [3.63, 3.8) is 0 Å². The number of phenols is 1. The van der Waals surface area contributed by atoms with Crippen molar-refractivity contribution < 1.29 is 5.11 Å². The summed E-state index contributed by atoms with van der Waals surface area (Å²) < 4.78 is 1.75. The Balaban J connectivity index is 1.81. The molecule has 0 spiro atoms. The standard InChI is InChI=1S/C19H16ClN5O/c20-15(12-4-2-1-3-5-12)10-25-19-16(18(21)22-11-23-19)17(24-25)13-6-8-14(26)9-7-13/h1-9,11,15,26H,10H2,(H2,21,22,23). The summed E-state index contributed by atoms with van der Waals surface area (Å²) in [6.45, 7) is 0.441. The largest absolute Gasteiger partial charge is 0.508 e. The van der Waals surface area contributed by atoms with Crippen LogP contribution in [0.5, 0.6) is 5.75 Å². The van der Waals surface area contributed by atoms with E-state index in [2.05, 4.69) is 15.1 Å². The molecule has 1 atom stereocenters. The molecule has 0 aliphatic carbocycles. The van der Waals surface area contributed by atoms with Crippen molar-refractivity contribution in [1.82, 2.24) is 19.7 Å². The SMILES string of the molecule is Nc1ncnc2c1c(-c1ccc(O)cc1)nn2CC(Cl)c1ccccc1. The molecule has 6 nitrogen and oxygen atoms in total. The third-order valence-corrected chi connectivity index (χ3v) is 4.58. The van der Waals surface area contributed by atoms with Crippen LogP contribution >= 0.6 is 11.6 Å². The van der Waals surface area contributed by atoms with Crippen LogP contribution in [0.4, 0.5) is 5.82 Å². The minimum atomic E-state index is -0.261. The van der Waals surface area contributed by atoms with Gasteiger partial charge in [0.25, 0.3) is 0 Å². The topological polar surface area (TPSA) is 89.8 Å². The number of halogens is 1. The smallest absolute Gasteiger partial charge is 0.164 e. The zero-order valence-electron chi connectivity index (χ0n) is 13.7. The first-order chi connectivity index (χ1) is 12.6. The summed E-state index contributed by atoms with van der Waals surface area (Å²) in [6.07, 6.45) is 1.42. The number of benzene rings is 2. The number of alkyl halides is 1. The van der Waals surface area contributed by atoms with Crippen molar-refractivity contribution in [2.24, 2.45) is 0 Å². The molecular formula is C19H16ClN5O. The number of hydrogen-bond donors (Lipinski definition) is 2. The maximum Gasteiger partial charge on any atom is 0.164 e. The minimum absolute atomic E-state index is 0.187. The Morgan fingerprint density at radius 2 is 1.77 bits per heavy atom. The average molecular weight is 366 g/mol. The van der Waals surface area contributed by atoms with Crippen LogP contribution in [-0.2, 0) is 6.54 Å². The Morgan fingerprint density at radius 3 is 2.50 bits per heavy atom. The number of anilines is 1. The van der Waals surface area contributed by atoms with Gasteiger partial charge < -0.3 is 10.8 Å². The van der Waals surface area contributed by atoms with Gasteiger partial charge in [0, 0.05) is 5.56 Å². The Morgan fingerprint density at radius 1 is 1.04 bits per heavy atom. The van der Waals surface area contributed by atoms with Crippen molar-refractivity contribution in [2.45, 2.75) is 11.9 Å². The first kappa shape index (κ1) is 16.4. The molecule has 0 aliphatic rings. The van der Waals surface area contributed by atoms with E-state index in [9.17, 15) is 5.11 Å². The lowest BCUT2D eigenvalue weighted by molar-refractivity contribution is 0.475. The lowest BCUT2D eigenvalue weighted by atomic mass is 10.1. The highest BCUT2D eigenvalue weighted by Gasteiger charge is 2.19. The third kappa shape index (κ3) is 2.95. The quantitative estimate of drug-likeness (QED) is 0.537. The van der Waals surface area contributed by atoms with Crippen molar-refractivity contribution in [2.75, 3.05) is 5.73 Å². The second-order valence-electron chi connectivity index (χ2n) is 5.91. The molecule has 2 aromatic heterocycles. The van der Waals surface area contributed by atoms with Gasteiger partial charge in [0.05, 0.1) is 17.3 Å². The average Bonchev–Trinajstić information content (AvgIpc) is 3.03. The van der Waals surface area contributed by atoms with Crippen LogP contribution < -0.4 is 5.73 Å². The predicted molar refractivity (Wildman–Crippen MR) is 102 cm³/mol. The molecule has 7 heteroatoms. The molecule has 2 aromatic carbocycles. The fourth-order valence-electron chi connectivity index (χ4n) is 2.90. The van der Waals surface area contributed by atoms with Gasteiger partial charge in [0.2, 0.25) is 0 Å². The van der Waals surface area contributed by atoms with E-state index in [1.54, 1.807) is 28.9 Å². The van der Waals surface area contributed by atoms with E-state index in [1.807, 2.05) is 30.3 Å². The molecular weight excluding hydrogens is 350 g/mol. The van der Waals surface area contributed by atoms with E-state index < -0.39 is 0 Å². The van der Waals surface area contributed by atoms with Crippen molar-refractivity contribution in [1.29, 1.82) is 0 Å². The van der Waals surface area contributed by atoms with Gasteiger partial charge in [-0.1, -0.05) is 30.3 Å². The molecule has 26 heavy (non-hydrogen) atoms. The van der Waals surface area contributed by atoms with Gasteiger partial charge in [-0.15, -0.1) is 11.6 Å². The number of nitrogens with two attached hydrogens (primary N) is 1. The Hall–Kier alpha value is -3.12. The van der Waals surface area contributed by atoms with E-state index in [4.69, 9.17) is 17.3 Å². The summed E-state index contributed by atoms with van der Waals surface area (Å²) >= 11 is 6.59. The second kappa shape index (κ2) is 6.65. The summed E-state index contributed by atoms with van der Waals surface area (Å²) in [6, 6.07) is 16.6. The van der Waals surface area contributed by atoms with E-state index in [0.29, 0.717) is 29.1 Å². The molecule has 0 fully saturated rings. The van der Waals surface area contributed by atoms with Gasteiger partial charge in [-0.25, -0.2) is 14.6 Å². The van der Waals surface area contributed by atoms with Gasteiger partial charge in [0.1, 0.15) is 23.6 Å². The van der Waals surface area contributed by atoms with Crippen LogP contribution in [0.15, 0.2) is 60.9 Å². The number of fused-ring (bicyclic) bond motifs is 1. The molecule has 3 N–H and O–H groups in total. The van der Waals surface area contributed by atoms with E-state index >= 15 is 0 Å². The highest BCUT2D eigenvalue weighted by atomic mass is 35.5. The second-order valence-corrected chi connectivity index (χ2v) is 6.44. The normalized spacial score (nSPS) is 12.3. The number of aromatic nitrogens is 4. The first-order valence-electron chi connectivity index (χ1n) is 8.09. The van der Waals surface area contributed by atoms with Gasteiger partial charge in [0.15, 0.2) is 5.65 Å². The van der Waals surface area contributed by atoms with E-state index in [1.165, 1.54) is 6.33 Å². The maximum absolute atomic E-state index is 9.53. The van der Waals surface area contributed by atoms with Gasteiger partial charge in [-0.2, -0.15) is 5.10 Å². The molecule has 0 radical (unpaired) electrons. The number of nitrogens with zero attached hydrogens (tertiary/aromatic N) is 4. The van der Waals surface area contributed by atoms with Crippen LogP contribution in [0.25, 0.3) is 22.3 Å². The molecule has 0 saturated carbocycles. The number of hydrogen-bond acceptors (Lipinski definition) is 5. The van der Waals surface area contributed by atoms with Crippen LogP contribution in [0.1, 0.15) is 10.9 Å². The van der Waals surface area contributed by atoms with Crippen molar-refractivity contribution >= 4 is 28.5 Å². The Labute approximate surface area is 154 Å². The van der Waals surface area contributed by atoms with Crippen LogP contribution in [-0.4, -0.2) is 24.9 Å². The molecule has 0 aliphatic heterocycles. The molecule has 1 unspecified atom stereocenters. The molecule has 4 aromatic rings. The van der Waals surface area contributed by atoms with Gasteiger partial charge >= 0.3 is 0 Å². The highest BCUT2D eigenvalue weighted by molar-refractivity contribution is 6.20. The van der Waals surface area contributed by atoms with E-state index in [0.717, 1.165) is 11.1 Å². The zero-order valence-corrected chi connectivity index (χ0v) is 14.5. The molecule has 130 valence electrons. The first-order valence-corrected chi connectivity index (χ1v) is 8.52. The molecule has 2 heterocycles. The third-order valence-electron chi connectivity index (χ3n) is 4.19. The molecule has 0 saturated heterocycles. The Bertz CT molecular complexity index is 1050.